The Bertz CT molecular complexity index is 693. The minimum Gasteiger partial charge on any atom is -0.493 e. The van der Waals surface area contributed by atoms with Crippen LogP contribution < -0.4 is 15.2 Å². The normalized spacial score (nSPS) is 43.7. The molecule has 5 rings (SSSR count). The molecule has 1 spiro atoms. The number of ether oxygens (including phenoxy) is 2. The van der Waals surface area contributed by atoms with Gasteiger partial charge in [-0.2, -0.15) is 0 Å². The summed E-state index contributed by atoms with van der Waals surface area (Å²) < 4.78 is 11.9. The van der Waals surface area contributed by atoms with Gasteiger partial charge in [0.1, 0.15) is 6.10 Å². The van der Waals surface area contributed by atoms with Gasteiger partial charge in [0.05, 0.1) is 18.1 Å². The lowest BCUT2D eigenvalue weighted by molar-refractivity contribution is -0.184. The van der Waals surface area contributed by atoms with E-state index in [0.717, 1.165) is 43.7 Å². The Kier molecular flexibility index (Phi) is 2.57. The van der Waals surface area contributed by atoms with Crippen molar-refractivity contribution in [3.05, 3.63) is 23.3 Å². The maximum Gasteiger partial charge on any atom is 0.165 e. The van der Waals surface area contributed by atoms with Gasteiger partial charge < -0.3 is 25.2 Å². The number of piperidine rings is 1. The number of likely N-dealkylation sites (N-methyl/N-ethyl adjacent to an activating group) is 1. The number of nitrogens with zero attached hydrogens (tertiary/aromatic N) is 1. The molecule has 5 atom stereocenters. The van der Waals surface area contributed by atoms with Crippen molar-refractivity contribution in [2.24, 2.45) is 5.73 Å². The number of likely N-dealkylation sites (tertiary alicyclic amines) is 1. The molecule has 2 heterocycles. The average Bonchev–Trinajstić information content (AvgIpc) is 2.90. The molecule has 0 aromatic heterocycles. The maximum atomic E-state index is 11.8. The van der Waals surface area contributed by atoms with Crippen LogP contribution in [0.3, 0.4) is 0 Å². The van der Waals surface area contributed by atoms with Crippen molar-refractivity contribution in [2.75, 3.05) is 20.7 Å². The van der Waals surface area contributed by atoms with E-state index in [1.807, 2.05) is 6.07 Å². The van der Waals surface area contributed by atoms with E-state index >= 15 is 0 Å². The Morgan fingerprint density at radius 2 is 2.22 bits per heavy atom. The lowest BCUT2D eigenvalue weighted by Gasteiger charge is -2.63. The minimum absolute atomic E-state index is 0.0395. The average molecular weight is 316 g/mol. The zero-order chi connectivity index (χ0) is 16.0. The van der Waals surface area contributed by atoms with Gasteiger partial charge >= 0.3 is 0 Å². The summed E-state index contributed by atoms with van der Waals surface area (Å²) in [6.45, 7) is 0.968. The van der Waals surface area contributed by atoms with Gasteiger partial charge in [-0.3, -0.25) is 0 Å². The molecule has 1 aromatic rings. The molecule has 2 fully saturated rings. The molecule has 23 heavy (non-hydrogen) atoms. The second-order valence-corrected chi connectivity index (χ2v) is 7.72. The first-order chi connectivity index (χ1) is 11.0. The van der Waals surface area contributed by atoms with Crippen LogP contribution in [0, 0.1) is 0 Å². The first kappa shape index (κ1) is 14.1. The van der Waals surface area contributed by atoms with Gasteiger partial charge in [-0.05, 0) is 50.9 Å². The summed E-state index contributed by atoms with van der Waals surface area (Å²) in [6, 6.07) is 4.24. The summed E-state index contributed by atoms with van der Waals surface area (Å²) in [6.07, 6.45) is 3.16. The predicted molar refractivity (Wildman–Crippen MR) is 86.0 cm³/mol. The van der Waals surface area contributed by atoms with E-state index in [4.69, 9.17) is 15.2 Å². The van der Waals surface area contributed by atoms with Crippen molar-refractivity contribution in [1.82, 2.24) is 4.90 Å². The monoisotopic (exact) mass is 316 g/mol. The summed E-state index contributed by atoms with van der Waals surface area (Å²) in [7, 11) is 3.80. The number of nitrogens with two attached hydrogens (primary N) is 1. The van der Waals surface area contributed by atoms with Crippen LogP contribution in [0.2, 0.25) is 0 Å². The molecule has 3 N–H and O–H groups in total. The van der Waals surface area contributed by atoms with E-state index in [1.54, 1.807) is 7.11 Å². The largest absolute Gasteiger partial charge is 0.493 e. The highest BCUT2D eigenvalue weighted by atomic mass is 16.5. The molecule has 124 valence electrons. The van der Waals surface area contributed by atoms with Gasteiger partial charge in [-0.15, -0.1) is 0 Å². The molecule has 4 aliphatic rings. The van der Waals surface area contributed by atoms with Crippen molar-refractivity contribution in [3.8, 4) is 11.5 Å². The molecule has 5 nitrogen and oxygen atoms in total. The third-order valence-corrected chi connectivity index (χ3v) is 6.98. The zero-order valence-electron chi connectivity index (χ0n) is 13.7. The van der Waals surface area contributed by atoms with E-state index in [1.165, 1.54) is 11.1 Å². The third kappa shape index (κ3) is 1.37. The van der Waals surface area contributed by atoms with Crippen LogP contribution in [0.5, 0.6) is 11.5 Å². The quantitative estimate of drug-likeness (QED) is 0.802. The molecule has 1 saturated carbocycles. The standard InChI is InChI=1S/C18H24N2O3/c1-20-8-7-17-14-10-3-4-12(22-2)15(14)23-16(17)11(19)5-6-18(17,21)13(20)9-10/h3-4,11,13,16,21H,5-9,19H2,1-2H3/t11?,13?,16?,17-,18+/m1/s1. The number of benzene rings is 1. The topological polar surface area (TPSA) is 68.0 Å². The van der Waals surface area contributed by atoms with Gasteiger partial charge in [-0.1, -0.05) is 6.07 Å². The molecule has 0 radical (unpaired) electrons. The van der Waals surface area contributed by atoms with Gasteiger partial charge in [0.25, 0.3) is 0 Å². The van der Waals surface area contributed by atoms with Crippen LogP contribution in [0.1, 0.15) is 30.4 Å². The molecule has 2 aliphatic carbocycles. The summed E-state index contributed by atoms with van der Waals surface area (Å²) in [4.78, 5) is 2.32. The molecule has 2 bridgehead atoms. The first-order valence-electron chi connectivity index (χ1n) is 8.58. The van der Waals surface area contributed by atoms with E-state index in [2.05, 4.69) is 18.0 Å². The Morgan fingerprint density at radius 1 is 1.39 bits per heavy atom. The highest BCUT2D eigenvalue weighted by Gasteiger charge is 2.72. The molecule has 5 heteroatoms. The van der Waals surface area contributed by atoms with Crippen LogP contribution in [-0.2, 0) is 11.8 Å². The van der Waals surface area contributed by atoms with Crippen LogP contribution in [-0.4, -0.2) is 54.5 Å². The Hall–Kier alpha value is -1.30. The fraction of sp³-hybridized carbons (Fsp3) is 0.667. The predicted octanol–water partition coefficient (Wildman–Crippen LogP) is 0.806. The van der Waals surface area contributed by atoms with Crippen LogP contribution >= 0.6 is 0 Å². The van der Waals surface area contributed by atoms with Gasteiger partial charge in [-0.25, -0.2) is 0 Å². The third-order valence-electron chi connectivity index (χ3n) is 6.98. The van der Waals surface area contributed by atoms with Gasteiger partial charge in [0, 0.05) is 17.6 Å². The Morgan fingerprint density at radius 3 is 3.00 bits per heavy atom. The fourth-order valence-corrected chi connectivity index (χ4v) is 5.94. The minimum atomic E-state index is -0.759. The molecule has 1 aromatic carbocycles. The molecule has 3 unspecified atom stereocenters. The summed E-state index contributed by atoms with van der Waals surface area (Å²) >= 11 is 0. The smallest absolute Gasteiger partial charge is 0.165 e. The zero-order valence-corrected chi connectivity index (χ0v) is 13.7. The highest BCUT2D eigenvalue weighted by Crippen LogP contribution is 2.65. The van der Waals surface area contributed by atoms with Crippen LogP contribution in [0.15, 0.2) is 12.1 Å². The lowest BCUT2D eigenvalue weighted by Crippen LogP contribution is -2.77. The number of aliphatic hydroxyl groups is 1. The van der Waals surface area contributed by atoms with E-state index in [-0.39, 0.29) is 23.6 Å². The molecule has 2 aliphatic heterocycles. The van der Waals surface area contributed by atoms with Gasteiger partial charge in [0.2, 0.25) is 0 Å². The molecular formula is C18H24N2O3. The maximum absolute atomic E-state index is 11.8. The van der Waals surface area contributed by atoms with Crippen molar-refractivity contribution >= 4 is 0 Å². The van der Waals surface area contributed by atoms with Crippen LogP contribution in [0.25, 0.3) is 0 Å². The number of methoxy groups -OCH3 is 1. The SMILES string of the molecule is COc1ccc2c3c1OC1C(N)CC[C@]4(O)C(C2)N(C)CC[C@@]314. The first-order valence-corrected chi connectivity index (χ1v) is 8.58. The lowest BCUT2D eigenvalue weighted by atomic mass is 9.48. The van der Waals surface area contributed by atoms with Crippen molar-refractivity contribution in [1.29, 1.82) is 0 Å². The summed E-state index contributed by atoms with van der Waals surface area (Å²) in [5, 5.41) is 11.8. The van der Waals surface area contributed by atoms with Crippen molar-refractivity contribution < 1.29 is 14.6 Å². The molecule has 1 saturated heterocycles. The Balaban J connectivity index is 1.84. The molecule has 0 amide bonds. The van der Waals surface area contributed by atoms with E-state index < -0.39 is 5.60 Å². The number of hydrogen-bond donors (Lipinski definition) is 2. The van der Waals surface area contributed by atoms with E-state index in [9.17, 15) is 5.11 Å². The second kappa shape index (κ2) is 4.21. The van der Waals surface area contributed by atoms with E-state index in [0.29, 0.717) is 0 Å². The van der Waals surface area contributed by atoms with Crippen molar-refractivity contribution in [3.63, 3.8) is 0 Å². The van der Waals surface area contributed by atoms with Crippen molar-refractivity contribution in [2.45, 2.75) is 54.9 Å². The highest BCUT2D eigenvalue weighted by molar-refractivity contribution is 5.63. The summed E-state index contributed by atoms with van der Waals surface area (Å²) in [5.74, 6) is 1.59. The van der Waals surface area contributed by atoms with Crippen LogP contribution in [0.4, 0.5) is 0 Å². The number of hydrogen-bond acceptors (Lipinski definition) is 5. The number of rotatable bonds is 1. The summed E-state index contributed by atoms with van der Waals surface area (Å²) in [5.41, 5.74) is 7.80. The second-order valence-electron chi connectivity index (χ2n) is 7.72. The molecular weight excluding hydrogens is 292 g/mol. The Labute approximate surface area is 136 Å². The fourth-order valence-electron chi connectivity index (χ4n) is 5.94. The van der Waals surface area contributed by atoms with Gasteiger partial charge in [0.15, 0.2) is 11.5 Å².